The molecule has 226 valence electrons. The maximum atomic E-state index is 14.3. The molecule has 0 saturated heterocycles. The van der Waals surface area contributed by atoms with Crippen molar-refractivity contribution in [1.29, 1.82) is 0 Å². The molecule has 0 heterocycles. The Morgan fingerprint density at radius 2 is 1.43 bits per heavy atom. The van der Waals surface area contributed by atoms with Gasteiger partial charge in [0.1, 0.15) is 12.6 Å². The third kappa shape index (κ3) is 7.98. The lowest BCUT2D eigenvalue weighted by Crippen LogP contribution is -2.55. The Bertz CT molecular complexity index is 1530. The minimum atomic E-state index is -4.23. The van der Waals surface area contributed by atoms with Gasteiger partial charge in [-0.1, -0.05) is 71.6 Å². The number of sulfonamides is 1. The number of hydrogen-bond donors (Lipinski definition) is 1. The molecular formula is C31H36Cl3N3O4S. The van der Waals surface area contributed by atoms with Gasteiger partial charge in [0.05, 0.1) is 10.6 Å². The molecule has 7 nitrogen and oxygen atoms in total. The van der Waals surface area contributed by atoms with E-state index in [0.717, 1.165) is 9.87 Å². The third-order valence-electron chi connectivity index (χ3n) is 6.67. The molecule has 3 aromatic rings. The summed E-state index contributed by atoms with van der Waals surface area (Å²) in [7, 11) is -4.23. The van der Waals surface area contributed by atoms with E-state index in [0.29, 0.717) is 26.2 Å². The second kappa shape index (κ2) is 13.7. The quantitative estimate of drug-likeness (QED) is 0.251. The highest BCUT2D eigenvalue weighted by atomic mass is 35.5. The Kier molecular flexibility index (Phi) is 11.0. The monoisotopic (exact) mass is 651 g/mol. The van der Waals surface area contributed by atoms with Crippen LogP contribution in [0.4, 0.5) is 5.69 Å². The second-order valence-electron chi connectivity index (χ2n) is 11.1. The lowest BCUT2D eigenvalue weighted by molar-refractivity contribution is -0.141. The van der Waals surface area contributed by atoms with Gasteiger partial charge in [0, 0.05) is 32.7 Å². The highest BCUT2D eigenvalue weighted by Crippen LogP contribution is 2.32. The number of carbonyl (C=O) groups is 2. The van der Waals surface area contributed by atoms with Crippen LogP contribution in [0.3, 0.4) is 0 Å². The van der Waals surface area contributed by atoms with E-state index in [-0.39, 0.29) is 29.5 Å². The molecule has 1 atom stereocenters. The van der Waals surface area contributed by atoms with Crippen molar-refractivity contribution in [3.8, 4) is 0 Å². The largest absolute Gasteiger partial charge is 0.350 e. The molecular weight excluding hydrogens is 617 g/mol. The zero-order valence-corrected chi connectivity index (χ0v) is 27.6. The molecule has 1 unspecified atom stereocenters. The summed E-state index contributed by atoms with van der Waals surface area (Å²) in [5.41, 5.74) is 1.50. The zero-order chi connectivity index (χ0) is 31.4. The van der Waals surface area contributed by atoms with Gasteiger partial charge in [-0.3, -0.25) is 13.9 Å². The molecule has 42 heavy (non-hydrogen) atoms. The van der Waals surface area contributed by atoms with E-state index in [2.05, 4.69) is 5.32 Å². The van der Waals surface area contributed by atoms with Crippen LogP contribution in [-0.2, 0) is 26.2 Å². The number of halogens is 3. The normalized spacial score (nSPS) is 12.5. The number of amides is 2. The van der Waals surface area contributed by atoms with E-state index in [9.17, 15) is 18.0 Å². The number of carbonyl (C=O) groups excluding carboxylic acids is 2. The minimum absolute atomic E-state index is 0.0125. The van der Waals surface area contributed by atoms with Gasteiger partial charge in [0.25, 0.3) is 10.0 Å². The van der Waals surface area contributed by atoms with Gasteiger partial charge in [-0.25, -0.2) is 8.42 Å². The van der Waals surface area contributed by atoms with Crippen LogP contribution in [0.25, 0.3) is 0 Å². The van der Waals surface area contributed by atoms with E-state index in [1.807, 2.05) is 27.7 Å². The lowest BCUT2D eigenvalue weighted by atomic mass is 10.1. The first kappa shape index (κ1) is 33.7. The summed E-state index contributed by atoms with van der Waals surface area (Å²) in [5.74, 6) is -0.995. The van der Waals surface area contributed by atoms with E-state index >= 15 is 0 Å². The predicted molar refractivity (Wildman–Crippen MR) is 171 cm³/mol. The summed E-state index contributed by atoms with van der Waals surface area (Å²) in [6.45, 7) is 10.1. The van der Waals surface area contributed by atoms with Gasteiger partial charge in [-0.05, 0) is 83.0 Å². The van der Waals surface area contributed by atoms with Gasteiger partial charge in [-0.2, -0.15) is 0 Å². The summed E-state index contributed by atoms with van der Waals surface area (Å²) in [4.78, 5) is 29.1. The zero-order valence-electron chi connectivity index (χ0n) is 24.5. The third-order valence-corrected chi connectivity index (χ3v) is 9.56. The second-order valence-corrected chi connectivity index (χ2v) is 14.2. The molecule has 1 N–H and O–H groups in total. The standard InChI is InChI=1S/C31H36Cl3N3O4S/c1-7-27(30(39)35-31(4,5)6)36(18-23-25(33)11-8-12-26(23)34)29(38)19-37(28-13-9-10-24(32)21(28)3)42(40,41)22-16-14-20(2)15-17-22/h8-17,27H,7,18-19H2,1-6H3,(H,35,39). The number of hydrogen-bond acceptors (Lipinski definition) is 4. The van der Waals surface area contributed by atoms with Gasteiger partial charge in [0.2, 0.25) is 11.8 Å². The Hall–Kier alpha value is -2.78. The first-order valence-corrected chi connectivity index (χ1v) is 16.0. The molecule has 3 rings (SSSR count). The van der Waals surface area contributed by atoms with Crippen molar-refractivity contribution in [1.82, 2.24) is 10.2 Å². The van der Waals surface area contributed by atoms with Crippen LogP contribution in [-0.4, -0.2) is 43.3 Å². The van der Waals surface area contributed by atoms with Crippen molar-refractivity contribution in [2.75, 3.05) is 10.8 Å². The number of benzene rings is 3. The van der Waals surface area contributed by atoms with Gasteiger partial charge in [0.15, 0.2) is 0 Å². The van der Waals surface area contributed by atoms with Crippen LogP contribution < -0.4 is 9.62 Å². The molecule has 0 saturated carbocycles. The van der Waals surface area contributed by atoms with Gasteiger partial charge < -0.3 is 10.2 Å². The van der Waals surface area contributed by atoms with Crippen molar-refractivity contribution in [2.45, 2.75) is 71.0 Å². The van der Waals surface area contributed by atoms with E-state index in [1.165, 1.54) is 17.0 Å². The Morgan fingerprint density at radius 3 is 1.98 bits per heavy atom. The van der Waals surface area contributed by atoms with Crippen molar-refractivity contribution < 1.29 is 18.0 Å². The highest BCUT2D eigenvalue weighted by molar-refractivity contribution is 7.92. The smallest absolute Gasteiger partial charge is 0.264 e. The summed E-state index contributed by atoms with van der Waals surface area (Å²) in [6.07, 6.45) is 0.261. The Balaban J connectivity index is 2.16. The molecule has 0 aromatic heterocycles. The summed E-state index contributed by atoms with van der Waals surface area (Å²) < 4.78 is 29.2. The van der Waals surface area contributed by atoms with Crippen molar-refractivity contribution in [3.63, 3.8) is 0 Å². The Morgan fingerprint density at radius 1 is 0.881 bits per heavy atom. The number of nitrogens with zero attached hydrogens (tertiary/aromatic N) is 2. The molecule has 0 radical (unpaired) electrons. The summed E-state index contributed by atoms with van der Waals surface area (Å²) >= 11 is 19.3. The Labute approximate surface area is 263 Å². The molecule has 0 aliphatic heterocycles. The van der Waals surface area contributed by atoms with Crippen LogP contribution >= 0.6 is 34.8 Å². The fourth-order valence-corrected chi connectivity index (χ4v) is 6.60. The SMILES string of the molecule is CCC(C(=O)NC(C)(C)C)N(Cc1c(Cl)cccc1Cl)C(=O)CN(c1cccc(Cl)c1C)S(=O)(=O)c1ccc(C)cc1. The molecule has 0 bridgehead atoms. The number of aryl methyl sites for hydroxylation is 1. The average Bonchev–Trinajstić information content (AvgIpc) is 2.89. The molecule has 0 aliphatic rings. The molecule has 0 spiro atoms. The van der Waals surface area contributed by atoms with Crippen LogP contribution in [0.1, 0.15) is 50.8 Å². The number of nitrogens with one attached hydrogen (secondary N) is 1. The predicted octanol–water partition coefficient (Wildman–Crippen LogP) is 7.18. The topological polar surface area (TPSA) is 86.8 Å². The van der Waals surface area contributed by atoms with E-state index in [1.54, 1.807) is 62.4 Å². The maximum absolute atomic E-state index is 14.3. The number of anilines is 1. The molecule has 0 fully saturated rings. The van der Waals surface area contributed by atoms with Gasteiger partial charge in [-0.15, -0.1) is 0 Å². The lowest BCUT2D eigenvalue weighted by Gasteiger charge is -2.35. The van der Waals surface area contributed by atoms with Crippen LogP contribution in [0.15, 0.2) is 65.6 Å². The minimum Gasteiger partial charge on any atom is -0.350 e. The summed E-state index contributed by atoms with van der Waals surface area (Å²) in [5, 5.41) is 3.92. The average molecular weight is 653 g/mol. The van der Waals surface area contributed by atoms with Crippen LogP contribution in [0.5, 0.6) is 0 Å². The summed E-state index contributed by atoms with van der Waals surface area (Å²) in [6, 6.07) is 15.3. The first-order chi connectivity index (χ1) is 19.6. The molecule has 11 heteroatoms. The molecule has 0 aliphatic carbocycles. The van der Waals surface area contributed by atoms with E-state index in [4.69, 9.17) is 34.8 Å². The highest BCUT2D eigenvalue weighted by Gasteiger charge is 2.35. The molecule has 2 amide bonds. The fraction of sp³-hybridized carbons (Fsp3) is 0.355. The molecule has 3 aromatic carbocycles. The van der Waals surface area contributed by atoms with Crippen molar-refractivity contribution >= 4 is 62.3 Å². The van der Waals surface area contributed by atoms with Crippen LogP contribution in [0, 0.1) is 13.8 Å². The maximum Gasteiger partial charge on any atom is 0.264 e. The van der Waals surface area contributed by atoms with E-state index < -0.39 is 34.1 Å². The van der Waals surface area contributed by atoms with Crippen LogP contribution in [0.2, 0.25) is 15.1 Å². The fourth-order valence-electron chi connectivity index (χ4n) is 4.44. The van der Waals surface area contributed by atoms with Crippen molar-refractivity contribution in [3.05, 3.63) is 92.4 Å². The first-order valence-electron chi connectivity index (χ1n) is 13.5. The van der Waals surface area contributed by atoms with Gasteiger partial charge >= 0.3 is 0 Å². The van der Waals surface area contributed by atoms with Crippen molar-refractivity contribution in [2.24, 2.45) is 0 Å². The number of rotatable bonds is 10.